The van der Waals surface area contributed by atoms with Crippen molar-refractivity contribution in [1.82, 2.24) is 0 Å². The molecular weight excluding hydrogens is 530 g/mol. The topological polar surface area (TPSA) is 111 Å². The Morgan fingerprint density at radius 2 is 1.75 bits per heavy atom. The van der Waals surface area contributed by atoms with E-state index >= 15 is 0 Å². The van der Waals surface area contributed by atoms with Crippen LogP contribution in [0, 0.1) is 0 Å². The molecule has 1 aromatic heterocycles. The van der Waals surface area contributed by atoms with Crippen molar-refractivity contribution in [3.05, 3.63) is 135 Å². The quantitative estimate of drug-likeness (QED) is 0.321. The van der Waals surface area contributed by atoms with Crippen molar-refractivity contribution in [3.63, 3.8) is 0 Å². The summed E-state index contributed by atoms with van der Waals surface area (Å²) in [6.45, 7) is 1.89. The first-order chi connectivity index (χ1) is 19.2. The highest BCUT2D eigenvalue weighted by Crippen LogP contribution is 2.40. The molecule has 0 amide bonds. The van der Waals surface area contributed by atoms with Crippen LogP contribution in [0.3, 0.4) is 0 Å². The van der Waals surface area contributed by atoms with E-state index in [1.807, 2.05) is 48.5 Å². The van der Waals surface area contributed by atoms with Crippen molar-refractivity contribution in [2.45, 2.75) is 19.9 Å². The Hall–Kier alpha value is -4.88. The second kappa shape index (κ2) is 11.1. The van der Waals surface area contributed by atoms with E-state index in [9.17, 15) is 19.8 Å². The van der Waals surface area contributed by atoms with E-state index in [1.165, 1.54) is 22.9 Å². The summed E-state index contributed by atoms with van der Waals surface area (Å²) >= 11 is 6.45. The average molecular weight is 554 g/mol. The van der Waals surface area contributed by atoms with Crippen LogP contribution in [0.2, 0.25) is 5.02 Å². The van der Waals surface area contributed by atoms with Gasteiger partial charge in [-0.25, -0.2) is 4.57 Å². The Morgan fingerprint density at radius 1 is 1.05 bits per heavy atom. The minimum Gasteiger partial charge on any atom is -0.871 e. The van der Waals surface area contributed by atoms with E-state index in [0.29, 0.717) is 33.3 Å². The van der Waals surface area contributed by atoms with E-state index < -0.39 is 17.5 Å². The zero-order valence-corrected chi connectivity index (χ0v) is 22.2. The lowest BCUT2D eigenvalue weighted by Gasteiger charge is -2.32. The molecular formula is C32H24ClNO6. The van der Waals surface area contributed by atoms with E-state index in [0.717, 1.165) is 5.56 Å². The number of hydrogen-bond donors (Lipinski definition) is 2. The van der Waals surface area contributed by atoms with E-state index in [-0.39, 0.29) is 35.4 Å². The second-order valence-electron chi connectivity index (χ2n) is 9.30. The molecule has 0 saturated heterocycles. The third kappa shape index (κ3) is 5.32. The molecule has 2 aliphatic rings. The van der Waals surface area contributed by atoms with Gasteiger partial charge in [0.05, 0.1) is 5.02 Å². The molecule has 8 heteroatoms. The number of allylic oxidation sites excluding steroid dienone is 6. The highest BCUT2D eigenvalue weighted by molar-refractivity contribution is 6.32. The van der Waals surface area contributed by atoms with Crippen molar-refractivity contribution >= 4 is 40.9 Å². The number of Topliss-reactive ketones (excluding diaryl/α,β-unsaturated/α-hetero) is 1. The first kappa shape index (κ1) is 26.7. The predicted molar refractivity (Wildman–Crippen MR) is 148 cm³/mol. The van der Waals surface area contributed by atoms with Crippen LogP contribution in [0.5, 0.6) is 5.75 Å². The first-order valence-corrected chi connectivity index (χ1v) is 12.9. The number of hydrogen-bond acceptors (Lipinski definition) is 5. The van der Waals surface area contributed by atoms with E-state index in [2.05, 4.69) is 0 Å². The van der Waals surface area contributed by atoms with Gasteiger partial charge >= 0.3 is 5.97 Å². The van der Waals surface area contributed by atoms with E-state index in [1.54, 1.807) is 31.3 Å². The van der Waals surface area contributed by atoms with Crippen LogP contribution < -0.4 is 9.67 Å². The zero-order chi connectivity index (χ0) is 28.4. The van der Waals surface area contributed by atoms with Gasteiger partial charge in [0.1, 0.15) is 17.9 Å². The van der Waals surface area contributed by atoms with Crippen molar-refractivity contribution < 1.29 is 34.2 Å². The number of carboxylic acids is 1. The van der Waals surface area contributed by atoms with Gasteiger partial charge in [-0.3, -0.25) is 9.59 Å². The molecule has 0 radical (unpaired) electrons. The van der Waals surface area contributed by atoms with Gasteiger partial charge in [0.2, 0.25) is 6.20 Å². The van der Waals surface area contributed by atoms with Gasteiger partial charge in [0.15, 0.2) is 24.3 Å². The molecule has 2 aromatic carbocycles. The highest BCUT2D eigenvalue weighted by Gasteiger charge is 2.30. The number of ether oxygens (including phenoxy) is 1. The molecule has 2 heterocycles. The number of carbonyl (C=O) groups excluding carboxylic acids is 1. The van der Waals surface area contributed by atoms with Crippen LogP contribution in [0.25, 0.3) is 17.6 Å². The number of rotatable bonds is 7. The molecule has 1 aliphatic carbocycles. The highest BCUT2D eigenvalue weighted by atomic mass is 35.5. The molecule has 2 N–H and O–H groups in total. The number of aromatic hydroxyl groups is 1. The summed E-state index contributed by atoms with van der Waals surface area (Å²) in [7, 11) is 0. The Labute approximate surface area is 235 Å². The summed E-state index contributed by atoms with van der Waals surface area (Å²) in [5.74, 6) is -0.940. The molecule has 200 valence electrons. The summed E-state index contributed by atoms with van der Waals surface area (Å²) in [6.07, 6.45) is 7.74. The Morgan fingerprint density at radius 3 is 2.42 bits per heavy atom. The first-order valence-electron chi connectivity index (χ1n) is 12.5. The number of pyridine rings is 1. The summed E-state index contributed by atoms with van der Waals surface area (Å²) in [5.41, 5.74) is 2.94. The van der Waals surface area contributed by atoms with Crippen LogP contribution in [0.15, 0.2) is 113 Å². The zero-order valence-electron chi connectivity index (χ0n) is 21.4. The van der Waals surface area contributed by atoms with Crippen molar-refractivity contribution in [2.75, 3.05) is 0 Å². The second-order valence-corrected chi connectivity index (χ2v) is 9.71. The van der Waals surface area contributed by atoms with E-state index in [4.69, 9.17) is 21.4 Å². The molecule has 0 atom stereocenters. The maximum atomic E-state index is 13.2. The number of ketones is 1. The normalized spacial score (nSPS) is 17.1. The number of aliphatic carboxylic acids is 1. The van der Waals surface area contributed by atoms with Gasteiger partial charge in [-0.05, 0) is 48.4 Å². The fraction of sp³-hybridized carbons (Fsp3) is 0.0938. The summed E-state index contributed by atoms with van der Waals surface area (Å²) in [6, 6.07) is 18.3. The summed E-state index contributed by atoms with van der Waals surface area (Å²) in [4.78, 5) is 24.0. The lowest BCUT2D eigenvalue weighted by atomic mass is 9.80. The van der Waals surface area contributed by atoms with Gasteiger partial charge in [-0.15, -0.1) is 0 Å². The fourth-order valence-electron chi connectivity index (χ4n) is 4.46. The lowest BCUT2D eigenvalue weighted by molar-refractivity contribution is -0.696. The number of carboxylic acid groups (broad SMARTS) is 1. The standard InChI is InChI=1S/C32H24ClNO6/c1-19(30-31(38)24(32(30)39)15-21-11-13-34(18-26(21)35)14-12-29(36)37)22-16-27(20-7-3-2-4-8-20)40-28(17-22)23-9-5-6-10-25(23)33/h2-11,13,15-18H,12,14H2,1H3,(H2-,35,36,37,38,39). The molecule has 3 aromatic rings. The van der Waals surface area contributed by atoms with Gasteiger partial charge in [0, 0.05) is 33.9 Å². The van der Waals surface area contributed by atoms with Crippen LogP contribution in [0.4, 0.5) is 0 Å². The molecule has 5 rings (SSSR count). The third-order valence-electron chi connectivity index (χ3n) is 6.66. The van der Waals surface area contributed by atoms with Gasteiger partial charge in [-0.2, -0.15) is 0 Å². The largest absolute Gasteiger partial charge is 0.871 e. The molecule has 1 aliphatic heterocycles. The van der Waals surface area contributed by atoms with Crippen LogP contribution in [-0.4, -0.2) is 22.0 Å². The third-order valence-corrected chi connectivity index (χ3v) is 6.98. The maximum absolute atomic E-state index is 13.2. The van der Waals surface area contributed by atoms with Gasteiger partial charge in [-0.1, -0.05) is 59.8 Å². The smallest absolute Gasteiger partial charge is 0.309 e. The maximum Gasteiger partial charge on any atom is 0.309 e. The van der Waals surface area contributed by atoms with Crippen LogP contribution in [0.1, 0.15) is 30.0 Å². The Kier molecular flexibility index (Phi) is 7.40. The number of carbonyl (C=O) groups is 2. The van der Waals surface area contributed by atoms with Crippen molar-refractivity contribution in [3.8, 4) is 5.75 Å². The molecule has 0 bridgehead atoms. The minimum absolute atomic E-state index is 0.0387. The lowest BCUT2D eigenvalue weighted by Crippen LogP contribution is -2.34. The van der Waals surface area contributed by atoms with Crippen LogP contribution in [-0.2, 0) is 20.9 Å². The summed E-state index contributed by atoms with van der Waals surface area (Å²) in [5, 5.41) is 32.9. The SMILES string of the molecule is CC(=C1C=C(c2ccccc2)OC(c2ccccc2Cl)=C1)C1=C([O-])C(=Cc2cc[n+](CCC(=O)O)cc2O)C1=O. The van der Waals surface area contributed by atoms with Crippen molar-refractivity contribution in [2.24, 2.45) is 0 Å². The monoisotopic (exact) mass is 553 g/mol. The molecule has 0 saturated carbocycles. The number of benzene rings is 2. The fourth-order valence-corrected chi connectivity index (χ4v) is 4.69. The Balaban J connectivity index is 1.53. The average Bonchev–Trinajstić information content (AvgIpc) is 2.96. The molecule has 0 spiro atoms. The Bertz CT molecular complexity index is 1700. The number of halogens is 1. The number of aromatic nitrogens is 1. The molecule has 40 heavy (non-hydrogen) atoms. The predicted octanol–water partition coefficient (Wildman–Crippen LogP) is 4.82. The van der Waals surface area contributed by atoms with Crippen molar-refractivity contribution in [1.29, 1.82) is 0 Å². The number of nitrogens with zero attached hydrogens (tertiary/aromatic N) is 1. The van der Waals surface area contributed by atoms with Crippen LogP contribution >= 0.6 is 11.6 Å². The van der Waals surface area contributed by atoms with Gasteiger partial charge < -0.3 is 20.1 Å². The van der Waals surface area contributed by atoms with Gasteiger partial charge in [0.25, 0.3) is 0 Å². The molecule has 0 fully saturated rings. The molecule has 0 unspecified atom stereocenters. The minimum atomic E-state index is -0.958. The summed E-state index contributed by atoms with van der Waals surface area (Å²) < 4.78 is 7.73. The molecule has 7 nitrogen and oxygen atoms in total. The number of aryl methyl sites for hydroxylation is 1.